The lowest BCUT2D eigenvalue weighted by atomic mass is 10.5. The molecule has 1 N–H and O–H groups in total. The van der Waals surface area contributed by atoms with Gasteiger partial charge in [-0.25, -0.2) is 0 Å². The molecule has 1 aromatic rings. The molecule has 0 aromatic carbocycles. The molecule has 10 heavy (non-hydrogen) atoms. The van der Waals surface area contributed by atoms with Gasteiger partial charge in [0.1, 0.15) is 5.76 Å². The average molecular weight is 161 g/mol. The van der Waals surface area contributed by atoms with E-state index in [0.717, 1.165) is 0 Å². The Morgan fingerprint density at radius 3 is 3.10 bits per heavy atom. The molecule has 0 bridgehead atoms. The van der Waals surface area contributed by atoms with Crippen molar-refractivity contribution in [2.45, 2.75) is 6.61 Å². The van der Waals surface area contributed by atoms with Gasteiger partial charge in [0.2, 0.25) is 0 Å². The van der Waals surface area contributed by atoms with Crippen LogP contribution in [0.5, 0.6) is 0 Å². The Bertz CT molecular complexity index is 205. The topological polar surface area (TPSA) is 59.7 Å². The standard InChI is InChI=1S/C5H5O4P/c6-10(7)9-4-5-2-1-3-8-5/h1-3H,4H2/p+1. The number of hydrogen-bond donors (Lipinski definition) is 1. The van der Waals surface area contributed by atoms with E-state index in [1.807, 2.05) is 0 Å². The summed E-state index contributed by atoms with van der Waals surface area (Å²) in [5, 5.41) is 0. The predicted octanol–water partition coefficient (Wildman–Crippen LogP) is 1.45. The summed E-state index contributed by atoms with van der Waals surface area (Å²) in [5.74, 6) is 0.539. The summed E-state index contributed by atoms with van der Waals surface area (Å²) in [4.78, 5) is 8.20. The molecule has 1 aromatic heterocycles. The molecule has 5 heteroatoms. The normalized spacial score (nSPS) is 11.5. The molecule has 0 fully saturated rings. The van der Waals surface area contributed by atoms with Gasteiger partial charge in [0, 0.05) is 4.57 Å². The summed E-state index contributed by atoms with van der Waals surface area (Å²) in [7, 11) is -2.52. The maximum atomic E-state index is 9.98. The van der Waals surface area contributed by atoms with Crippen molar-refractivity contribution < 1.29 is 18.4 Å². The van der Waals surface area contributed by atoms with Gasteiger partial charge >= 0.3 is 8.25 Å². The van der Waals surface area contributed by atoms with Gasteiger partial charge in [-0.3, -0.25) is 0 Å². The van der Waals surface area contributed by atoms with E-state index < -0.39 is 8.25 Å². The molecule has 1 heterocycles. The van der Waals surface area contributed by atoms with Crippen LogP contribution < -0.4 is 0 Å². The van der Waals surface area contributed by atoms with Crippen LogP contribution in [0.2, 0.25) is 0 Å². The first-order valence-electron chi connectivity index (χ1n) is 2.60. The van der Waals surface area contributed by atoms with Crippen LogP contribution in [0.4, 0.5) is 0 Å². The summed E-state index contributed by atoms with van der Waals surface area (Å²) in [6.45, 7) is 0.0404. The van der Waals surface area contributed by atoms with Crippen molar-refractivity contribution in [1.29, 1.82) is 0 Å². The van der Waals surface area contributed by atoms with E-state index >= 15 is 0 Å². The van der Waals surface area contributed by atoms with Gasteiger partial charge in [0.15, 0.2) is 6.61 Å². The van der Waals surface area contributed by atoms with Gasteiger partial charge in [-0.15, -0.1) is 9.42 Å². The molecular weight excluding hydrogens is 155 g/mol. The highest BCUT2D eigenvalue weighted by Crippen LogP contribution is 2.17. The maximum Gasteiger partial charge on any atom is 0.695 e. The van der Waals surface area contributed by atoms with Crippen molar-refractivity contribution in [3.05, 3.63) is 24.2 Å². The molecule has 0 spiro atoms. The Hall–Kier alpha value is -0.700. The number of furan rings is 1. The minimum atomic E-state index is -2.52. The fourth-order valence-corrected chi connectivity index (χ4v) is 0.751. The molecule has 0 aliphatic carbocycles. The second kappa shape index (κ2) is 3.46. The monoisotopic (exact) mass is 161 g/mol. The summed E-state index contributed by atoms with van der Waals surface area (Å²) < 4.78 is 19.2. The molecule has 0 amide bonds. The quantitative estimate of drug-likeness (QED) is 0.681. The van der Waals surface area contributed by atoms with Crippen LogP contribution in [0.3, 0.4) is 0 Å². The highest BCUT2D eigenvalue weighted by molar-refractivity contribution is 7.32. The Morgan fingerprint density at radius 2 is 2.60 bits per heavy atom. The van der Waals surface area contributed by atoms with Crippen LogP contribution in [0.15, 0.2) is 22.8 Å². The lowest BCUT2D eigenvalue weighted by Crippen LogP contribution is -1.80. The van der Waals surface area contributed by atoms with E-state index in [9.17, 15) is 4.57 Å². The fraction of sp³-hybridized carbons (Fsp3) is 0.200. The third-order valence-corrected chi connectivity index (χ3v) is 1.25. The Balaban J connectivity index is 2.35. The van der Waals surface area contributed by atoms with Crippen molar-refractivity contribution in [2.75, 3.05) is 0 Å². The zero-order valence-electron chi connectivity index (χ0n) is 5.06. The van der Waals surface area contributed by atoms with E-state index in [-0.39, 0.29) is 6.61 Å². The zero-order valence-corrected chi connectivity index (χ0v) is 5.95. The summed E-state index contributed by atoms with van der Waals surface area (Å²) >= 11 is 0. The van der Waals surface area contributed by atoms with Gasteiger partial charge in [0.05, 0.1) is 6.26 Å². The van der Waals surface area contributed by atoms with Crippen molar-refractivity contribution in [3.8, 4) is 0 Å². The van der Waals surface area contributed by atoms with Crippen LogP contribution in [0.25, 0.3) is 0 Å². The van der Waals surface area contributed by atoms with Gasteiger partial charge in [-0.05, 0) is 12.1 Å². The lowest BCUT2D eigenvalue weighted by Gasteiger charge is -1.82. The molecule has 0 saturated carbocycles. The van der Waals surface area contributed by atoms with E-state index in [2.05, 4.69) is 4.52 Å². The summed E-state index contributed by atoms with van der Waals surface area (Å²) in [5.41, 5.74) is 0. The second-order valence-electron chi connectivity index (χ2n) is 1.59. The van der Waals surface area contributed by atoms with Gasteiger partial charge < -0.3 is 4.42 Å². The van der Waals surface area contributed by atoms with E-state index in [1.165, 1.54) is 6.26 Å². The maximum absolute atomic E-state index is 9.98. The largest absolute Gasteiger partial charge is 0.695 e. The second-order valence-corrected chi connectivity index (χ2v) is 2.32. The van der Waals surface area contributed by atoms with Crippen molar-refractivity contribution in [3.63, 3.8) is 0 Å². The summed E-state index contributed by atoms with van der Waals surface area (Å²) in [6, 6.07) is 3.35. The molecule has 54 valence electrons. The highest BCUT2D eigenvalue weighted by Gasteiger charge is 2.12. The molecule has 0 aliphatic heterocycles. The first kappa shape index (κ1) is 7.41. The zero-order chi connectivity index (χ0) is 7.40. The van der Waals surface area contributed by atoms with Crippen molar-refractivity contribution in [2.24, 2.45) is 0 Å². The molecular formula is C5H6O4P+. The molecule has 1 unspecified atom stereocenters. The lowest BCUT2D eigenvalue weighted by molar-refractivity contribution is 0.247. The fourth-order valence-electron chi connectivity index (χ4n) is 0.514. The number of rotatable bonds is 3. The van der Waals surface area contributed by atoms with Crippen LogP contribution in [0, 0.1) is 0 Å². The highest BCUT2D eigenvalue weighted by atomic mass is 31.1. The Kier molecular flexibility index (Phi) is 2.57. The third-order valence-electron chi connectivity index (χ3n) is 0.897. The van der Waals surface area contributed by atoms with Gasteiger partial charge in [-0.2, -0.15) is 0 Å². The predicted molar refractivity (Wildman–Crippen MR) is 33.3 cm³/mol. The minimum absolute atomic E-state index is 0.0404. The molecule has 1 rings (SSSR count). The Labute approximate surface area is 58.4 Å². The van der Waals surface area contributed by atoms with E-state index in [4.69, 9.17) is 9.31 Å². The van der Waals surface area contributed by atoms with Crippen molar-refractivity contribution in [1.82, 2.24) is 0 Å². The first-order valence-corrected chi connectivity index (χ1v) is 3.73. The number of hydrogen-bond acceptors (Lipinski definition) is 3. The smallest absolute Gasteiger partial charge is 0.467 e. The SMILES string of the molecule is O=[P+](O)OCc1ccco1. The van der Waals surface area contributed by atoms with Gasteiger partial charge in [-0.1, -0.05) is 0 Å². The average Bonchev–Trinajstić information content (AvgIpc) is 2.34. The van der Waals surface area contributed by atoms with Crippen LogP contribution in [-0.2, 0) is 15.7 Å². The first-order chi connectivity index (χ1) is 4.79. The molecule has 1 atom stereocenters. The third kappa shape index (κ3) is 2.27. The van der Waals surface area contributed by atoms with Crippen LogP contribution in [0.1, 0.15) is 5.76 Å². The van der Waals surface area contributed by atoms with Gasteiger partial charge in [0.25, 0.3) is 0 Å². The van der Waals surface area contributed by atoms with Crippen LogP contribution in [-0.4, -0.2) is 4.89 Å². The summed E-state index contributed by atoms with van der Waals surface area (Å²) in [6.07, 6.45) is 1.48. The van der Waals surface area contributed by atoms with Crippen LogP contribution >= 0.6 is 8.25 Å². The molecule has 0 saturated heterocycles. The Morgan fingerprint density at radius 1 is 1.80 bits per heavy atom. The van der Waals surface area contributed by atoms with E-state index in [0.29, 0.717) is 5.76 Å². The minimum Gasteiger partial charge on any atom is -0.467 e. The molecule has 0 radical (unpaired) electrons. The van der Waals surface area contributed by atoms with Crippen molar-refractivity contribution >= 4 is 8.25 Å². The van der Waals surface area contributed by atoms with E-state index in [1.54, 1.807) is 12.1 Å². The molecule has 4 nitrogen and oxygen atoms in total. The molecule has 0 aliphatic rings.